The minimum atomic E-state index is -5.08. The Bertz CT molecular complexity index is 875. The zero-order valence-electron chi connectivity index (χ0n) is 19.9. The van der Waals surface area contributed by atoms with Crippen molar-refractivity contribution < 1.29 is 60.4 Å². The molecule has 210 valence electrons. The number of pyridine rings is 1. The van der Waals surface area contributed by atoms with Gasteiger partial charge in [0.15, 0.2) is 0 Å². The van der Waals surface area contributed by atoms with Gasteiger partial charge in [-0.1, -0.05) is 0 Å². The third-order valence-electron chi connectivity index (χ3n) is 5.06. The van der Waals surface area contributed by atoms with E-state index >= 15 is 0 Å². The van der Waals surface area contributed by atoms with Gasteiger partial charge in [0.05, 0.1) is 26.4 Å². The molecule has 0 bridgehead atoms. The number of nitrogens with zero attached hydrogens (tertiary/aromatic N) is 3. The number of aliphatic carboxylic acids is 2. The summed E-state index contributed by atoms with van der Waals surface area (Å²) in [6, 6.07) is 3.95. The predicted octanol–water partition coefficient (Wildman–Crippen LogP) is 2.30. The quantitative estimate of drug-likeness (QED) is 0.536. The van der Waals surface area contributed by atoms with E-state index in [-0.39, 0.29) is 5.91 Å². The topological polar surface area (TPSA) is 130 Å². The summed E-state index contributed by atoms with van der Waals surface area (Å²) in [5.74, 6) is -5.48. The molecule has 10 nitrogen and oxygen atoms in total. The number of rotatable bonds is 2. The minimum absolute atomic E-state index is 0.0374. The van der Waals surface area contributed by atoms with E-state index < -0.39 is 29.9 Å². The van der Waals surface area contributed by atoms with E-state index in [0.717, 1.165) is 13.1 Å². The van der Waals surface area contributed by atoms with Crippen LogP contribution in [0.5, 0.6) is 0 Å². The number of carbonyl (C=O) groups is 3. The van der Waals surface area contributed by atoms with E-state index in [1.165, 1.54) is 0 Å². The average Bonchev–Trinajstić information content (AvgIpc) is 3.01. The Morgan fingerprint density at radius 1 is 0.946 bits per heavy atom. The van der Waals surface area contributed by atoms with Crippen molar-refractivity contribution in [2.75, 3.05) is 46.0 Å². The van der Waals surface area contributed by atoms with Crippen molar-refractivity contribution >= 4 is 17.8 Å². The Morgan fingerprint density at radius 2 is 1.46 bits per heavy atom. The summed E-state index contributed by atoms with van der Waals surface area (Å²) in [7, 11) is 0. The Hall–Kier alpha value is -2.98. The summed E-state index contributed by atoms with van der Waals surface area (Å²) in [5, 5.41) is 14.2. The number of carboxylic acid groups (broad SMARTS) is 2. The molecule has 2 aliphatic rings. The number of morpholine rings is 1. The summed E-state index contributed by atoms with van der Waals surface area (Å²) >= 11 is 0. The van der Waals surface area contributed by atoms with Crippen LogP contribution in [0.4, 0.5) is 26.3 Å². The zero-order chi connectivity index (χ0) is 28.4. The monoisotopic (exact) mass is 547 g/mol. The first-order valence-electron chi connectivity index (χ1n) is 10.7. The van der Waals surface area contributed by atoms with Gasteiger partial charge in [0, 0.05) is 43.6 Å². The van der Waals surface area contributed by atoms with Gasteiger partial charge in [-0.15, -0.1) is 0 Å². The van der Waals surface area contributed by atoms with Crippen LogP contribution in [0.15, 0.2) is 24.5 Å². The molecule has 0 saturated carbocycles. The number of alkyl halides is 6. The van der Waals surface area contributed by atoms with Crippen molar-refractivity contribution in [1.29, 1.82) is 0 Å². The highest BCUT2D eigenvalue weighted by Gasteiger charge is 2.42. The average molecular weight is 547 g/mol. The molecule has 1 aromatic heterocycles. The molecule has 1 spiro atoms. The number of amides is 1. The first-order valence-corrected chi connectivity index (χ1v) is 10.7. The molecule has 37 heavy (non-hydrogen) atoms. The summed E-state index contributed by atoms with van der Waals surface area (Å²) in [4.78, 5) is 38.7. The van der Waals surface area contributed by atoms with Gasteiger partial charge in [-0.2, -0.15) is 26.3 Å². The van der Waals surface area contributed by atoms with E-state index in [2.05, 4.69) is 23.7 Å². The van der Waals surface area contributed by atoms with Crippen molar-refractivity contribution in [1.82, 2.24) is 14.8 Å². The van der Waals surface area contributed by atoms with Crippen molar-refractivity contribution in [2.24, 2.45) is 0 Å². The van der Waals surface area contributed by atoms with E-state index in [4.69, 9.17) is 29.3 Å². The third-order valence-corrected chi connectivity index (χ3v) is 5.06. The molecule has 2 aliphatic heterocycles. The lowest BCUT2D eigenvalue weighted by atomic mass is 10.0. The lowest BCUT2D eigenvalue weighted by molar-refractivity contribution is -0.193. The lowest BCUT2D eigenvalue weighted by Gasteiger charge is -2.44. The Labute approximate surface area is 207 Å². The van der Waals surface area contributed by atoms with Gasteiger partial charge in [0.25, 0.3) is 5.91 Å². The van der Waals surface area contributed by atoms with Crippen molar-refractivity contribution in [2.45, 2.75) is 37.8 Å². The molecule has 1 amide bonds. The zero-order valence-corrected chi connectivity index (χ0v) is 19.9. The van der Waals surface area contributed by atoms with E-state index in [1.54, 1.807) is 24.5 Å². The first-order chi connectivity index (χ1) is 17.0. The standard InChI is InChI=1S/C17H25N3O3.2C2HF3O2/c1-14(2)19-7-9-22-13-17(11-19)12-20(8-10-23-17)16(21)15-3-5-18-6-4-15;2*3-2(4,5)1(6)7/h3-6,14H,7-13H2,1-2H3;2*(H,6,7). The van der Waals surface area contributed by atoms with Crippen LogP contribution in [0.2, 0.25) is 0 Å². The van der Waals surface area contributed by atoms with Gasteiger partial charge in [-0.05, 0) is 26.0 Å². The first kappa shape index (κ1) is 32.0. The molecular formula is C21H27F6N3O7. The molecule has 3 rings (SSSR count). The van der Waals surface area contributed by atoms with Crippen LogP contribution >= 0.6 is 0 Å². The van der Waals surface area contributed by atoms with Crippen LogP contribution in [0.1, 0.15) is 24.2 Å². The maximum absolute atomic E-state index is 12.7. The predicted molar refractivity (Wildman–Crippen MR) is 114 cm³/mol. The third kappa shape index (κ3) is 10.9. The molecule has 2 saturated heterocycles. The second-order valence-electron chi connectivity index (χ2n) is 8.22. The number of halogens is 6. The summed E-state index contributed by atoms with van der Waals surface area (Å²) in [6.45, 7) is 9.04. The number of hydrogen-bond donors (Lipinski definition) is 2. The number of carboxylic acids is 2. The highest BCUT2D eigenvalue weighted by molar-refractivity contribution is 5.94. The molecule has 0 aromatic carbocycles. The van der Waals surface area contributed by atoms with Crippen molar-refractivity contribution in [3.8, 4) is 0 Å². The molecule has 0 aliphatic carbocycles. The molecule has 2 fully saturated rings. The Morgan fingerprint density at radius 3 is 1.92 bits per heavy atom. The molecule has 0 radical (unpaired) electrons. The maximum atomic E-state index is 12.7. The van der Waals surface area contributed by atoms with Gasteiger partial charge in [-0.25, -0.2) is 9.59 Å². The maximum Gasteiger partial charge on any atom is 0.490 e. The minimum Gasteiger partial charge on any atom is -0.475 e. The van der Waals surface area contributed by atoms with Crippen molar-refractivity contribution in [3.05, 3.63) is 30.1 Å². The normalized spacial score (nSPS) is 20.7. The molecular weight excluding hydrogens is 520 g/mol. The summed E-state index contributed by atoms with van der Waals surface area (Å²) in [5.41, 5.74) is 0.245. The molecule has 1 atom stereocenters. The second kappa shape index (κ2) is 13.5. The van der Waals surface area contributed by atoms with Crippen LogP contribution in [0, 0.1) is 0 Å². The number of ether oxygens (including phenoxy) is 2. The fourth-order valence-corrected chi connectivity index (χ4v) is 3.25. The smallest absolute Gasteiger partial charge is 0.475 e. The highest BCUT2D eigenvalue weighted by Crippen LogP contribution is 2.24. The van der Waals surface area contributed by atoms with Gasteiger partial charge in [-0.3, -0.25) is 14.7 Å². The van der Waals surface area contributed by atoms with Gasteiger partial charge < -0.3 is 24.6 Å². The van der Waals surface area contributed by atoms with Gasteiger partial charge in [0.2, 0.25) is 0 Å². The van der Waals surface area contributed by atoms with Crippen LogP contribution < -0.4 is 0 Å². The van der Waals surface area contributed by atoms with E-state index in [1.807, 2.05) is 4.90 Å². The fourth-order valence-electron chi connectivity index (χ4n) is 3.25. The number of carbonyl (C=O) groups excluding carboxylic acids is 1. The molecule has 3 heterocycles. The number of aromatic nitrogens is 1. The highest BCUT2D eigenvalue weighted by atomic mass is 19.4. The van der Waals surface area contributed by atoms with Crippen LogP contribution in [0.3, 0.4) is 0 Å². The fraction of sp³-hybridized carbons (Fsp3) is 0.619. The molecule has 16 heteroatoms. The molecule has 1 aromatic rings. The summed E-state index contributed by atoms with van der Waals surface area (Å²) < 4.78 is 75.4. The van der Waals surface area contributed by atoms with E-state index in [0.29, 0.717) is 44.5 Å². The molecule has 1 unspecified atom stereocenters. The second-order valence-corrected chi connectivity index (χ2v) is 8.22. The largest absolute Gasteiger partial charge is 0.490 e. The Balaban J connectivity index is 0.000000404. The number of hydrogen-bond acceptors (Lipinski definition) is 7. The van der Waals surface area contributed by atoms with Crippen LogP contribution in [-0.4, -0.2) is 113 Å². The van der Waals surface area contributed by atoms with Gasteiger partial charge >= 0.3 is 24.3 Å². The lowest BCUT2D eigenvalue weighted by Crippen LogP contribution is -2.60. The van der Waals surface area contributed by atoms with Gasteiger partial charge in [0.1, 0.15) is 5.60 Å². The molecule has 2 N–H and O–H groups in total. The van der Waals surface area contributed by atoms with Crippen LogP contribution in [0.25, 0.3) is 0 Å². The Kier molecular flexibility index (Phi) is 11.7. The van der Waals surface area contributed by atoms with Crippen molar-refractivity contribution in [3.63, 3.8) is 0 Å². The SMILES string of the molecule is CC(C)N1CCOCC2(CN(C(=O)c3ccncc3)CCO2)C1.O=C(O)C(F)(F)F.O=C(O)C(F)(F)F. The van der Waals surface area contributed by atoms with E-state index in [9.17, 15) is 31.1 Å². The van der Waals surface area contributed by atoms with Crippen LogP contribution in [-0.2, 0) is 19.1 Å². The summed E-state index contributed by atoms with van der Waals surface area (Å²) in [6.07, 6.45) is -6.86.